The van der Waals surface area contributed by atoms with Crippen LogP contribution in [-0.4, -0.2) is 4.98 Å². The molecule has 0 unspecified atom stereocenters. The van der Waals surface area contributed by atoms with Gasteiger partial charge in [-0.25, -0.2) is 4.39 Å². The molecule has 21 heavy (non-hydrogen) atoms. The Morgan fingerprint density at radius 2 is 2.00 bits per heavy atom. The lowest BCUT2D eigenvalue weighted by Crippen LogP contribution is -1.99. The number of nitrogen functional groups attached to an aromatic ring is 1. The number of fused-ring (bicyclic) bond motifs is 1. The summed E-state index contributed by atoms with van der Waals surface area (Å²) in [5.74, 6) is 0.364. The fourth-order valence-electron chi connectivity index (χ4n) is 2.11. The van der Waals surface area contributed by atoms with Crippen molar-refractivity contribution in [1.29, 1.82) is 0 Å². The van der Waals surface area contributed by atoms with Crippen LogP contribution < -0.4 is 10.5 Å². The highest BCUT2D eigenvalue weighted by Gasteiger charge is 2.09. The van der Waals surface area contributed by atoms with Crippen molar-refractivity contribution in [2.75, 3.05) is 5.73 Å². The SMILES string of the molecule is Nc1ccc(OCc2cccc(F)c2Br)c2cccnc12. The number of benzene rings is 2. The normalized spacial score (nSPS) is 10.8. The summed E-state index contributed by atoms with van der Waals surface area (Å²) in [7, 11) is 0. The number of nitrogens with zero attached hydrogens (tertiary/aromatic N) is 1. The molecule has 2 aromatic carbocycles. The van der Waals surface area contributed by atoms with Gasteiger partial charge in [-0.15, -0.1) is 0 Å². The van der Waals surface area contributed by atoms with E-state index in [-0.39, 0.29) is 12.4 Å². The third-order valence-corrected chi connectivity index (χ3v) is 4.06. The highest BCUT2D eigenvalue weighted by molar-refractivity contribution is 9.10. The summed E-state index contributed by atoms with van der Waals surface area (Å²) in [6.07, 6.45) is 1.69. The minimum atomic E-state index is -0.306. The molecular weight excluding hydrogens is 335 g/mol. The summed E-state index contributed by atoms with van der Waals surface area (Å²) in [5.41, 5.74) is 7.94. The second kappa shape index (κ2) is 5.69. The molecule has 1 heterocycles. The van der Waals surface area contributed by atoms with Crippen LogP contribution in [0.25, 0.3) is 10.9 Å². The second-order valence-corrected chi connectivity index (χ2v) is 5.35. The number of nitrogens with two attached hydrogens (primary N) is 1. The molecule has 0 atom stereocenters. The van der Waals surface area contributed by atoms with E-state index in [0.717, 1.165) is 10.9 Å². The minimum Gasteiger partial charge on any atom is -0.488 e. The zero-order valence-corrected chi connectivity index (χ0v) is 12.6. The molecule has 0 radical (unpaired) electrons. The van der Waals surface area contributed by atoms with E-state index in [9.17, 15) is 4.39 Å². The number of rotatable bonds is 3. The number of pyridine rings is 1. The van der Waals surface area contributed by atoms with Gasteiger partial charge in [0, 0.05) is 17.1 Å². The molecule has 0 aliphatic heterocycles. The first kappa shape index (κ1) is 13.8. The van der Waals surface area contributed by atoms with Gasteiger partial charge in [-0.05, 0) is 46.3 Å². The molecule has 5 heteroatoms. The lowest BCUT2D eigenvalue weighted by atomic mass is 10.1. The highest BCUT2D eigenvalue weighted by Crippen LogP contribution is 2.30. The van der Waals surface area contributed by atoms with E-state index in [4.69, 9.17) is 10.5 Å². The van der Waals surface area contributed by atoms with Crippen LogP contribution in [0.4, 0.5) is 10.1 Å². The third kappa shape index (κ3) is 2.69. The molecule has 3 rings (SSSR count). The lowest BCUT2D eigenvalue weighted by molar-refractivity contribution is 0.308. The van der Waals surface area contributed by atoms with Gasteiger partial charge in [0.15, 0.2) is 0 Å². The van der Waals surface area contributed by atoms with Crippen molar-refractivity contribution in [3.05, 3.63) is 64.5 Å². The maximum atomic E-state index is 13.5. The maximum Gasteiger partial charge on any atom is 0.137 e. The fourth-order valence-corrected chi connectivity index (χ4v) is 2.49. The van der Waals surface area contributed by atoms with Gasteiger partial charge in [-0.1, -0.05) is 12.1 Å². The standard InChI is InChI=1S/C16H12BrFN2O/c17-15-10(3-1-5-12(15)18)9-21-14-7-6-13(19)16-11(14)4-2-8-20-16/h1-8H,9,19H2. The van der Waals surface area contributed by atoms with Crippen LogP contribution in [0.3, 0.4) is 0 Å². The summed E-state index contributed by atoms with van der Waals surface area (Å²) in [4.78, 5) is 4.25. The predicted molar refractivity (Wildman–Crippen MR) is 84.6 cm³/mol. The van der Waals surface area contributed by atoms with Gasteiger partial charge in [0.1, 0.15) is 18.2 Å². The largest absolute Gasteiger partial charge is 0.488 e. The number of hydrogen-bond donors (Lipinski definition) is 1. The Morgan fingerprint density at radius 1 is 1.14 bits per heavy atom. The summed E-state index contributed by atoms with van der Waals surface area (Å²) in [6.45, 7) is 0.256. The van der Waals surface area contributed by atoms with E-state index in [1.165, 1.54) is 6.07 Å². The summed E-state index contributed by atoms with van der Waals surface area (Å²) in [5, 5.41) is 0.838. The topological polar surface area (TPSA) is 48.1 Å². The van der Waals surface area contributed by atoms with E-state index >= 15 is 0 Å². The number of anilines is 1. The molecule has 0 aliphatic carbocycles. The van der Waals surface area contributed by atoms with Crippen molar-refractivity contribution < 1.29 is 9.13 Å². The van der Waals surface area contributed by atoms with E-state index in [2.05, 4.69) is 20.9 Å². The predicted octanol–water partition coefficient (Wildman–Crippen LogP) is 4.30. The smallest absolute Gasteiger partial charge is 0.137 e. The van der Waals surface area contributed by atoms with Crippen molar-refractivity contribution >= 4 is 32.5 Å². The fraction of sp³-hybridized carbons (Fsp3) is 0.0625. The van der Waals surface area contributed by atoms with Gasteiger partial charge in [-0.2, -0.15) is 0 Å². The molecule has 0 aliphatic rings. The Kier molecular flexibility index (Phi) is 3.75. The number of aromatic nitrogens is 1. The van der Waals surface area contributed by atoms with Crippen LogP contribution in [0.15, 0.2) is 53.1 Å². The number of halogens is 2. The molecule has 0 spiro atoms. The van der Waals surface area contributed by atoms with Gasteiger partial charge in [0.2, 0.25) is 0 Å². The van der Waals surface area contributed by atoms with Gasteiger partial charge >= 0.3 is 0 Å². The van der Waals surface area contributed by atoms with E-state index in [1.54, 1.807) is 24.4 Å². The molecular formula is C16H12BrFN2O. The average Bonchev–Trinajstić information content (AvgIpc) is 2.51. The Hall–Kier alpha value is -2.14. The van der Waals surface area contributed by atoms with Gasteiger partial charge in [0.05, 0.1) is 15.7 Å². The van der Waals surface area contributed by atoms with Crippen molar-refractivity contribution in [2.45, 2.75) is 6.61 Å². The van der Waals surface area contributed by atoms with Crippen LogP contribution >= 0.6 is 15.9 Å². The van der Waals surface area contributed by atoms with Crippen LogP contribution in [0.2, 0.25) is 0 Å². The quantitative estimate of drug-likeness (QED) is 0.719. The van der Waals surface area contributed by atoms with Crippen LogP contribution in [0.1, 0.15) is 5.56 Å². The molecule has 0 amide bonds. The molecule has 2 N–H and O–H groups in total. The van der Waals surface area contributed by atoms with Crippen molar-refractivity contribution in [3.63, 3.8) is 0 Å². The zero-order chi connectivity index (χ0) is 14.8. The summed E-state index contributed by atoms with van der Waals surface area (Å²) >= 11 is 3.23. The first-order chi connectivity index (χ1) is 10.2. The van der Waals surface area contributed by atoms with E-state index in [1.807, 2.05) is 18.2 Å². The van der Waals surface area contributed by atoms with Crippen LogP contribution in [-0.2, 0) is 6.61 Å². The molecule has 0 saturated heterocycles. The number of ether oxygens (including phenoxy) is 1. The first-order valence-electron chi connectivity index (χ1n) is 6.35. The van der Waals surface area contributed by atoms with Crippen LogP contribution in [0, 0.1) is 5.82 Å². The van der Waals surface area contributed by atoms with E-state index in [0.29, 0.717) is 21.4 Å². The Balaban J connectivity index is 1.92. The molecule has 0 fully saturated rings. The molecule has 1 aromatic heterocycles. The third-order valence-electron chi connectivity index (χ3n) is 3.18. The maximum absolute atomic E-state index is 13.5. The molecule has 3 aromatic rings. The van der Waals surface area contributed by atoms with Gasteiger partial charge in [0.25, 0.3) is 0 Å². The lowest BCUT2D eigenvalue weighted by Gasteiger charge is -2.11. The number of hydrogen-bond acceptors (Lipinski definition) is 3. The minimum absolute atomic E-state index is 0.256. The molecule has 0 saturated carbocycles. The van der Waals surface area contributed by atoms with Crippen molar-refractivity contribution in [2.24, 2.45) is 0 Å². The van der Waals surface area contributed by atoms with Crippen molar-refractivity contribution in [1.82, 2.24) is 4.98 Å². The molecule has 0 bridgehead atoms. The van der Waals surface area contributed by atoms with Crippen LogP contribution in [0.5, 0.6) is 5.75 Å². The monoisotopic (exact) mass is 346 g/mol. The molecule has 3 nitrogen and oxygen atoms in total. The van der Waals surface area contributed by atoms with E-state index < -0.39 is 0 Å². The Labute approximate surface area is 129 Å². The highest BCUT2D eigenvalue weighted by atomic mass is 79.9. The first-order valence-corrected chi connectivity index (χ1v) is 7.15. The van der Waals surface area contributed by atoms with Gasteiger partial charge < -0.3 is 10.5 Å². The zero-order valence-electron chi connectivity index (χ0n) is 11.0. The average molecular weight is 347 g/mol. The molecule has 106 valence electrons. The Bertz CT molecular complexity index is 807. The second-order valence-electron chi connectivity index (χ2n) is 4.55. The van der Waals surface area contributed by atoms with Gasteiger partial charge in [-0.3, -0.25) is 4.98 Å². The summed E-state index contributed by atoms with van der Waals surface area (Å²) in [6, 6.07) is 12.1. The summed E-state index contributed by atoms with van der Waals surface area (Å²) < 4.78 is 19.7. The Morgan fingerprint density at radius 3 is 2.86 bits per heavy atom. The van der Waals surface area contributed by atoms with Crippen molar-refractivity contribution in [3.8, 4) is 5.75 Å².